The van der Waals surface area contributed by atoms with Crippen LogP contribution in [0.25, 0.3) is 10.8 Å². The van der Waals surface area contributed by atoms with Crippen molar-refractivity contribution in [3.8, 4) is 5.75 Å². The number of nitrogens with one attached hydrogen (secondary N) is 1. The van der Waals surface area contributed by atoms with Gasteiger partial charge in [-0.1, -0.05) is 37.3 Å². The maximum absolute atomic E-state index is 12.2. The van der Waals surface area contributed by atoms with Crippen LogP contribution in [0.4, 0.5) is 5.13 Å². The highest BCUT2D eigenvalue weighted by Gasteiger charge is 2.17. The third kappa shape index (κ3) is 4.88. The Morgan fingerprint density at radius 1 is 1.21 bits per heavy atom. The lowest BCUT2D eigenvalue weighted by Crippen LogP contribution is -2.32. The highest BCUT2D eigenvalue weighted by molar-refractivity contribution is 7.13. The van der Waals surface area contributed by atoms with Gasteiger partial charge in [-0.2, -0.15) is 0 Å². The van der Waals surface area contributed by atoms with Crippen LogP contribution in [0.15, 0.2) is 47.8 Å². The van der Waals surface area contributed by atoms with Crippen LogP contribution in [0.1, 0.15) is 25.5 Å². The highest BCUT2D eigenvalue weighted by atomic mass is 32.1. The largest absolute Gasteiger partial charge is 0.484 e. The van der Waals surface area contributed by atoms with Crippen molar-refractivity contribution >= 4 is 33.1 Å². The topological polar surface area (TPSA) is 54.5 Å². The van der Waals surface area contributed by atoms with Crippen LogP contribution in [0.5, 0.6) is 5.75 Å². The Kier molecular flexibility index (Phi) is 5.88. The molecule has 3 aromatic rings. The quantitative estimate of drug-likeness (QED) is 0.665. The number of nitrogens with zero attached hydrogens (tertiary/aromatic N) is 2. The summed E-state index contributed by atoms with van der Waals surface area (Å²) in [5.74, 6) is 1.32. The first kappa shape index (κ1) is 18.9. The van der Waals surface area contributed by atoms with Crippen LogP contribution in [0.2, 0.25) is 0 Å². The van der Waals surface area contributed by atoms with Gasteiger partial charge < -0.3 is 4.74 Å². The monoisotopic (exact) mass is 395 g/mol. The smallest absolute Gasteiger partial charge is 0.264 e. The van der Waals surface area contributed by atoms with Gasteiger partial charge in [0.1, 0.15) is 5.75 Å². The SMILES string of the molecule is CC1CCN(Cc2csc(NC(=O)COc3ccc4ccccc4c3)n2)CC1. The predicted molar refractivity (Wildman–Crippen MR) is 114 cm³/mol. The molecular formula is C22H25N3O2S. The number of ether oxygens (including phenoxy) is 1. The minimum absolute atomic E-state index is 0.0305. The Bertz CT molecular complexity index is 948. The molecule has 5 nitrogen and oxygen atoms in total. The lowest BCUT2D eigenvalue weighted by molar-refractivity contribution is -0.118. The second-order valence-corrected chi connectivity index (χ2v) is 8.31. The zero-order valence-electron chi connectivity index (χ0n) is 16.1. The van der Waals surface area contributed by atoms with E-state index in [9.17, 15) is 4.79 Å². The summed E-state index contributed by atoms with van der Waals surface area (Å²) in [4.78, 5) is 19.2. The Balaban J connectivity index is 1.27. The second-order valence-electron chi connectivity index (χ2n) is 7.45. The summed E-state index contributed by atoms with van der Waals surface area (Å²) in [6.07, 6.45) is 2.50. The first-order valence-corrected chi connectivity index (χ1v) is 10.6. The van der Waals surface area contributed by atoms with Crippen molar-refractivity contribution in [2.75, 3.05) is 25.0 Å². The maximum atomic E-state index is 12.2. The number of aromatic nitrogens is 1. The molecule has 1 aromatic heterocycles. The number of amides is 1. The summed E-state index contributed by atoms with van der Waals surface area (Å²) in [7, 11) is 0. The summed E-state index contributed by atoms with van der Waals surface area (Å²) in [6, 6.07) is 13.9. The molecule has 0 saturated carbocycles. The fraction of sp³-hybridized carbons (Fsp3) is 0.364. The van der Waals surface area contributed by atoms with Crippen LogP contribution in [-0.2, 0) is 11.3 Å². The van der Waals surface area contributed by atoms with E-state index in [1.165, 1.54) is 24.2 Å². The van der Waals surface area contributed by atoms with E-state index in [0.29, 0.717) is 10.9 Å². The molecule has 1 N–H and O–H groups in total. The second kappa shape index (κ2) is 8.71. The highest BCUT2D eigenvalue weighted by Crippen LogP contribution is 2.22. The van der Waals surface area contributed by atoms with E-state index in [1.54, 1.807) is 0 Å². The lowest BCUT2D eigenvalue weighted by atomic mass is 9.99. The maximum Gasteiger partial charge on any atom is 0.264 e. The summed E-state index contributed by atoms with van der Waals surface area (Å²) in [5, 5.41) is 7.74. The van der Waals surface area contributed by atoms with E-state index in [4.69, 9.17) is 4.74 Å². The number of carbonyl (C=O) groups is 1. The van der Waals surface area contributed by atoms with Crippen LogP contribution >= 0.6 is 11.3 Å². The van der Waals surface area contributed by atoms with Crippen molar-refractivity contribution in [2.24, 2.45) is 5.92 Å². The summed E-state index contributed by atoms with van der Waals surface area (Å²) in [5.41, 5.74) is 1.02. The number of thiazole rings is 1. The number of fused-ring (bicyclic) bond motifs is 1. The van der Waals surface area contributed by atoms with E-state index in [1.807, 2.05) is 41.8 Å². The molecule has 0 atom stereocenters. The third-order valence-corrected chi connectivity index (χ3v) is 5.96. The van der Waals surface area contributed by atoms with Gasteiger partial charge in [0, 0.05) is 11.9 Å². The van der Waals surface area contributed by atoms with E-state index in [-0.39, 0.29) is 12.5 Å². The van der Waals surface area contributed by atoms with Crippen LogP contribution < -0.4 is 10.1 Å². The first-order valence-electron chi connectivity index (χ1n) is 9.74. The number of piperidine rings is 1. The number of benzene rings is 2. The average molecular weight is 396 g/mol. The fourth-order valence-corrected chi connectivity index (χ4v) is 4.17. The molecule has 0 radical (unpaired) electrons. The van der Waals surface area contributed by atoms with Gasteiger partial charge in [0.15, 0.2) is 11.7 Å². The Morgan fingerprint density at radius 2 is 2.00 bits per heavy atom. The van der Waals surface area contributed by atoms with Gasteiger partial charge in [0.2, 0.25) is 0 Å². The number of carbonyl (C=O) groups excluding carboxylic acids is 1. The van der Waals surface area contributed by atoms with Gasteiger partial charge in [-0.25, -0.2) is 4.98 Å². The van der Waals surface area contributed by atoms with Crippen molar-refractivity contribution in [3.05, 3.63) is 53.5 Å². The molecular weight excluding hydrogens is 370 g/mol. The van der Waals surface area contributed by atoms with Crippen molar-refractivity contribution in [2.45, 2.75) is 26.3 Å². The number of likely N-dealkylation sites (tertiary alicyclic amines) is 1. The van der Waals surface area contributed by atoms with Crippen LogP contribution in [0, 0.1) is 5.92 Å². The van der Waals surface area contributed by atoms with Gasteiger partial charge in [-0.15, -0.1) is 11.3 Å². The molecule has 0 aliphatic carbocycles. The van der Waals surface area contributed by atoms with Gasteiger partial charge in [-0.3, -0.25) is 15.0 Å². The fourth-order valence-electron chi connectivity index (χ4n) is 3.45. The van der Waals surface area contributed by atoms with E-state index >= 15 is 0 Å². The molecule has 0 bridgehead atoms. The zero-order valence-corrected chi connectivity index (χ0v) is 16.9. The molecule has 0 unspecified atom stereocenters. The first-order chi connectivity index (χ1) is 13.7. The number of anilines is 1. The summed E-state index contributed by atoms with van der Waals surface area (Å²) >= 11 is 1.47. The molecule has 1 saturated heterocycles. The van der Waals surface area contributed by atoms with E-state index in [2.05, 4.69) is 28.2 Å². The molecule has 146 valence electrons. The van der Waals surface area contributed by atoms with Gasteiger partial charge >= 0.3 is 0 Å². The molecule has 0 spiro atoms. The van der Waals surface area contributed by atoms with Crippen LogP contribution in [0.3, 0.4) is 0 Å². The average Bonchev–Trinajstić information content (AvgIpc) is 3.14. The van der Waals surface area contributed by atoms with Crippen LogP contribution in [-0.4, -0.2) is 35.5 Å². The van der Waals surface area contributed by atoms with E-state index < -0.39 is 0 Å². The number of rotatable bonds is 6. The molecule has 6 heteroatoms. The lowest BCUT2D eigenvalue weighted by Gasteiger charge is -2.29. The third-order valence-electron chi connectivity index (χ3n) is 5.15. The van der Waals surface area contributed by atoms with Gasteiger partial charge in [0.25, 0.3) is 5.91 Å². The van der Waals surface area contributed by atoms with Gasteiger partial charge in [-0.05, 0) is 54.8 Å². The van der Waals surface area contributed by atoms with Crippen molar-refractivity contribution in [1.82, 2.24) is 9.88 Å². The normalized spacial score (nSPS) is 15.6. The summed E-state index contributed by atoms with van der Waals surface area (Å²) in [6.45, 7) is 5.39. The number of hydrogen-bond acceptors (Lipinski definition) is 5. The molecule has 1 aliphatic heterocycles. The molecule has 1 aliphatic rings. The number of hydrogen-bond donors (Lipinski definition) is 1. The molecule has 4 rings (SSSR count). The standard InChI is InChI=1S/C22H25N3O2S/c1-16-8-10-25(11-9-16)13-19-15-28-22(23-19)24-21(26)14-27-20-7-6-17-4-2-3-5-18(17)12-20/h2-7,12,15-16H,8-11,13-14H2,1H3,(H,23,24,26). The van der Waals surface area contributed by atoms with Crippen molar-refractivity contribution in [1.29, 1.82) is 0 Å². The Morgan fingerprint density at radius 3 is 2.82 bits per heavy atom. The summed E-state index contributed by atoms with van der Waals surface area (Å²) < 4.78 is 5.64. The Hall–Kier alpha value is -2.44. The van der Waals surface area contributed by atoms with Crippen molar-refractivity contribution < 1.29 is 9.53 Å². The molecule has 28 heavy (non-hydrogen) atoms. The predicted octanol–water partition coefficient (Wildman–Crippen LogP) is 4.55. The van der Waals surface area contributed by atoms with E-state index in [0.717, 1.165) is 42.0 Å². The van der Waals surface area contributed by atoms with Gasteiger partial charge in [0.05, 0.1) is 5.69 Å². The Labute approximate surface area is 169 Å². The molecule has 1 fully saturated rings. The molecule has 2 heterocycles. The zero-order chi connectivity index (χ0) is 19.3. The minimum atomic E-state index is -0.194. The van der Waals surface area contributed by atoms with Crippen molar-refractivity contribution in [3.63, 3.8) is 0 Å². The molecule has 2 aromatic carbocycles. The molecule has 1 amide bonds. The minimum Gasteiger partial charge on any atom is -0.484 e.